The first-order valence-electron chi connectivity index (χ1n) is 13.9. The van der Waals surface area contributed by atoms with E-state index in [1.165, 1.54) is 0 Å². The Morgan fingerprint density at radius 3 is 1.90 bits per heavy atom. The second-order valence-corrected chi connectivity index (χ2v) is 10.2. The molecule has 0 aliphatic carbocycles. The van der Waals surface area contributed by atoms with Crippen LogP contribution in [0.25, 0.3) is 33.0 Å². The molecule has 4 heteroatoms. The first-order chi connectivity index (χ1) is 20.8. The molecule has 0 amide bonds. The lowest BCUT2D eigenvalue weighted by Gasteiger charge is -2.24. The Labute approximate surface area is 245 Å². The van der Waals surface area contributed by atoms with E-state index in [0.717, 1.165) is 55.6 Å². The van der Waals surface area contributed by atoms with Crippen LogP contribution in [0.1, 0.15) is 28.4 Å². The van der Waals surface area contributed by atoms with Crippen LogP contribution in [0.3, 0.4) is 0 Å². The van der Waals surface area contributed by atoms with Crippen molar-refractivity contribution in [3.63, 3.8) is 0 Å². The lowest BCUT2D eigenvalue weighted by molar-refractivity contribution is 0.674. The number of benzene rings is 6. The summed E-state index contributed by atoms with van der Waals surface area (Å²) in [7, 11) is 0. The van der Waals surface area contributed by atoms with E-state index in [-0.39, 0.29) is 6.17 Å². The number of hydrogen-bond acceptors (Lipinski definition) is 4. The van der Waals surface area contributed by atoms with E-state index in [4.69, 9.17) is 9.98 Å². The molecule has 1 aliphatic heterocycles. The van der Waals surface area contributed by atoms with Gasteiger partial charge >= 0.3 is 0 Å². The minimum Gasteiger partial charge on any atom is -0.344 e. The van der Waals surface area contributed by atoms with Gasteiger partial charge < -0.3 is 5.32 Å². The van der Waals surface area contributed by atoms with Crippen LogP contribution < -0.4 is 5.32 Å². The number of rotatable bonds is 5. The molecule has 0 saturated heterocycles. The number of aliphatic imine (C=N–C) groups is 2. The third-order valence-electron chi connectivity index (χ3n) is 7.59. The zero-order valence-corrected chi connectivity index (χ0v) is 22.8. The Morgan fingerprint density at radius 1 is 0.548 bits per heavy atom. The summed E-state index contributed by atoms with van der Waals surface area (Å²) in [6.07, 6.45) is -0.251. The maximum atomic E-state index is 9.29. The molecule has 42 heavy (non-hydrogen) atoms. The summed E-state index contributed by atoms with van der Waals surface area (Å²) in [4.78, 5) is 10.1. The predicted molar refractivity (Wildman–Crippen MR) is 171 cm³/mol. The quantitative estimate of drug-likeness (QED) is 0.239. The van der Waals surface area contributed by atoms with Gasteiger partial charge in [0.25, 0.3) is 0 Å². The van der Waals surface area contributed by atoms with Crippen molar-refractivity contribution in [2.75, 3.05) is 0 Å². The molecule has 1 heterocycles. The van der Waals surface area contributed by atoms with Crippen LogP contribution in [0.5, 0.6) is 0 Å². The van der Waals surface area contributed by atoms with Gasteiger partial charge in [0.2, 0.25) is 0 Å². The summed E-state index contributed by atoms with van der Waals surface area (Å²) in [5.74, 6) is 1.51. The van der Waals surface area contributed by atoms with Crippen LogP contribution in [0, 0.1) is 11.3 Å². The van der Waals surface area contributed by atoms with Crippen LogP contribution in [-0.4, -0.2) is 11.7 Å². The average molecular weight is 539 g/mol. The lowest BCUT2D eigenvalue weighted by atomic mass is 9.93. The van der Waals surface area contributed by atoms with Crippen LogP contribution in [0.15, 0.2) is 156 Å². The molecular formula is C38H26N4. The number of hydrogen-bond donors (Lipinski definition) is 1. The molecule has 7 rings (SSSR count). The molecule has 198 valence electrons. The van der Waals surface area contributed by atoms with E-state index in [9.17, 15) is 5.26 Å². The lowest BCUT2D eigenvalue weighted by Crippen LogP contribution is -2.33. The molecule has 0 aromatic heterocycles. The molecule has 1 aliphatic rings. The molecule has 6 aromatic carbocycles. The van der Waals surface area contributed by atoms with Crippen LogP contribution >= 0.6 is 0 Å². The average Bonchev–Trinajstić information content (AvgIpc) is 3.08. The molecule has 1 N–H and O–H groups in total. The van der Waals surface area contributed by atoms with Crippen LogP contribution in [0.2, 0.25) is 0 Å². The second-order valence-electron chi connectivity index (χ2n) is 10.2. The third kappa shape index (κ3) is 4.85. The Bertz CT molecular complexity index is 2000. The van der Waals surface area contributed by atoms with Gasteiger partial charge in [0, 0.05) is 11.1 Å². The normalized spacial score (nSPS) is 14.4. The second kappa shape index (κ2) is 11.0. The van der Waals surface area contributed by atoms with E-state index >= 15 is 0 Å². The highest BCUT2D eigenvalue weighted by Crippen LogP contribution is 2.34. The zero-order chi connectivity index (χ0) is 28.3. The smallest absolute Gasteiger partial charge is 0.160 e. The molecule has 1 unspecified atom stereocenters. The van der Waals surface area contributed by atoms with Gasteiger partial charge in [0.1, 0.15) is 12.0 Å². The summed E-state index contributed by atoms with van der Waals surface area (Å²) in [5.41, 5.74) is 8.14. The van der Waals surface area contributed by atoms with E-state index in [1.54, 1.807) is 0 Å². The van der Waals surface area contributed by atoms with Crippen molar-refractivity contribution >= 4 is 22.4 Å². The fourth-order valence-electron chi connectivity index (χ4n) is 5.47. The molecule has 0 fully saturated rings. The van der Waals surface area contributed by atoms with Gasteiger partial charge in [-0.25, -0.2) is 9.98 Å². The van der Waals surface area contributed by atoms with E-state index in [2.05, 4.69) is 96.3 Å². The van der Waals surface area contributed by atoms with Crippen molar-refractivity contribution in [3.05, 3.63) is 168 Å². The number of nitriles is 1. The monoisotopic (exact) mass is 538 g/mol. The zero-order valence-electron chi connectivity index (χ0n) is 22.8. The van der Waals surface area contributed by atoms with Gasteiger partial charge in [0.15, 0.2) is 5.84 Å². The Kier molecular flexibility index (Phi) is 6.60. The minimum absolute atomic E-state index is 0.251. The van der Waals surface area contributed by atoms with Crippen molar-refractivity contribution < 1.29 is 0 Å². The highest BCUT2D eigenvalue weighted by molar-refractivity contribution is 6.19. The van der Waals surface area contributed by atoms with Gasteiger partial charge in [0.05, 0.1) is 11.6 Å². The topological polar surface area (TPSA) is 60.5 Å². The van der Waals surface area contributed by atoms with Crippen LogP contribution in [0.4, 0.5) is 0 Å². The summed E-state index contributed by atoms with van der Waals surface area (Å²) in [6.45, 7) is 0. The number of nitrogens with zero attached hydrogens (tertiary/aromatic N) is 3. The van der Waals surface area contributed by atoms with Gasteiger partial charge in [-0.3, -0.25) is 0 Å². The fraction of sp³-hybridized carbons (Fsp3) is 0.0263. The summed E-state index contributed by atoms with van der Waals surface area (Å²) < 4.78 is 0. The first kappa shape index (κ1) is 25.2. The van der Waals surface area contributed by atoms with Crippen molar-refractivity contribution in [1.82, 2.24) is 5.32 Å². The molecule has 0 spiro atoms. The SMILES string of the molecule is N#Cc1cccc(-c2ccc(-c3ccc(C4=NC(c5ccccc5)NC(c5ccccc5)=N4)c4ccccc34)cc2)c1. The first-order valence-corrected chi connectivity index (χ1v) is 13.9. The van der Waals surface area contributed by atoms with Gasteiger partial charge in [-0.2, -0.15) is 5.26 Å². The maximum absolute atomic E-state index is 9.29. The standard InChI is InChI=1S/C38H26N4/c39-25-26-10-9-15-31(24-26)27-18-20-28(21-19-27)32-22-23-35(34-17-8-7-16-33(32)34)38-41-36(29-11-3-1-4-12-29)40-37(42-38)30-13-5-2-6-14-30/h1-24,36H,(H,40,41,42). The highest BCUT2D eigenvalue weighted by atomic mass is 15.2. The summed E-state index contributed by atoms with van der Waals surface area (Å²) >= 11 is 0. The van der Waals surface area contributed by atoms with Gasteiger partial charge in [-0.1, -0.05) is 127 Å². The van der Waals surface area contributed by atoms with Gasteiger partial charge in [-0.15, -0.1) is 0 Å². The molecular weight excluding hydrogens is 512 g/mol. The van der Waals surface area contributed by atoms with E-state index in [1.807, 2.05) is 60.7 Å². The summed E-state index contributed by atoms with van der Waals surface area (Å²) in [6, 6.07) is 51.7. The largest absolute Gasteiger partial charge is 0.344 e. The van der Waals surface area contributed by atoms with Crippen molar-refractivity contribution in [1.29, 1.82) is 5.26 Å². The molecule has 6 aromatic rings. The van der Waals surface area contributed by atoms with Crippen molar-refractivity contribution in [3.8, 4) is 28.3 Å². The van der Waals surface area contributed by atoms with Crippen LogP contribution in [-0.2, 0) is 0 Å². The van der Waals surface area contributed by atoms with Crippen molar-refractivity contribution in [2.45, 2.75) is 6.17 Å². The summed E-state index contributed by atoms with van der Waals surface area (Å²) in [5, 5.41) is 15.1. The molecule has 4 nitrogen and oxygen atoms in total. The molecule has 0 radical (unpaired) electrons. The number of nitrogens with one attached hydrogen (secondary N) is 1. The molecule has 0 saturated carbocycles. The Hall–Kier alpha value is -5.79. The maximum Gasteiger partial charge on any atom is 0.160 e. The highest BCUT2D eigenvalue weighted by Gasteiger charge is 2.22. The number of amidine groups is 2. The van der Waals surface area contributed by atoms with E-state index < -0.39 is 0 Å². The molecule has 0 bridgehead atoms. The van der Waals surface area contributed by atoms with E-state index in [0.29, 0.717) is 11.4 Å². The van der Waals surface area contributed by atoms with Gasteiger partial charge in [-0.05, 0) is 56.8 Å². The third-order valence-corrected chi connectivity index (χ3v) is 7.59. The Balaban J connectivity index is 1.32. The van der Waals surface area contributed by atoms with Crippen molar-refractivity contribution in [2.24, 2.45) is 9.98 Å². The number of fused-ring (bicyclic) bond motifs is 1. The Morgan fingerprint density at radius 2 is 1.17 bits per heavy atom. The molecule has 1 atom stereocenters. The minimum atomic E-state index is -0.251. The fourth-order valence-corrected chi connectivity index (χ4v) is 5.47. The predicted octanol–water partition coefficient (Wildman–Crippen LogP) is 8.54.